The maximum Gasteiger partial charge on any atom is 0.129 e. The van der Waals surface area contributed by atoms with Crippen molar-refractivity contribution < 1.29 is 0 Å². The molecule has 1 aromatic rings. The molecule has 0 saturated carbocycles. The third-order valence-electron chi connectivity index (χ3n) is 3.18. The van der Waals surface area contributed by atoms with Gasteiger partial charge in [-0.05, 0) is 42.5 Å². The van der Waals surface area contributed by atoms with Crippen LogP contribution >= 0.6 is 11.6 Å². The van der Waals surface area contributed by atoms with Gasteiger partial charge in [-0.3, -0.25) is 4.90 Å². The molecule has 1 aromatic heterocycles. The van der Waals surface area contributed by atoms with Gasteiger partial charge in [0.15, 0.2) is 0 Å². The summed E-state index contributed by atoms with van der Waals surface area (Å²) in [4.78, 5) is 6.52. The molecule has 0 N–H and O–H groups in total. The lowest BCUT2D eigenvalue weighted by Gasteiger charge is -2.38. The SMILES string of the molecule is CC1(C)CCCN(Cc2ccnc(Cl)c2)C1. The van der Waals surface area contributed by atoms with Crippen LogP contribution in [0.1, 0.15) is 32.3 Å². The van der Waals surface area contributed by atoms with Gasteiger partial charge in [0.1, 0.15) is 5.15 Å². The van der Waals surface area contributed by atoms with Gasteiger partial charge < -0.3 is 0 Å². The number of piperidine rings is 1. The number of likely N-dealkylation sites (tertiary alicyclic amines) is 1. The fraction of sp³-hybridized carbons (Fsp3) is 0.615. The lowest BCUT2D eigenvalue weighted by atomic mass is 9.84. The average Bonchev–Trinajstić information content (AvgIpc) is 2.15. The molecule has 2 rings (SSSR count). The minimum atomic E-state index is 0.453. The summed E-state index contributed by atoms with van der Waals surface area (Å²) in [5.74, 6) is 0. The van der Waals surface area contributed by atoms with E-state index < -0.39 is 0 Å². The van der Waals surface area contributed by atoms with Crippen molar-refractivity contribution in [3.05, 3.63) is 29.0 Å². The second kappa shape index (κ2) is 4.72. The Bertz CT molecular complexity index is 363. The number of aromatic nitrogens is 1. The summed E-state index contributed by atoms with van der Waals surface area (Å²) in [7, 11) is 0. The fourth-order valence-electron chi connectivity index (χ4n) is 2.48. The van der Waals surface area contributed by atoms with Crippen molar-refractivity contribution in [3.8, 4) is 0 Å². The lowest BCUT2D eigenvalue weighted by molar-refractivity contribution is 0.111. The van der Waals surface area contributed by atoms with Crippen LogP contribution in [0.2, 0.25) is 5.15 Å². The number of nitrogens with zero attached hydrogens (tertiary/aromatic N) is 2. The van der Waals surface area contributed by atoms with Crippen LogP contribution in [-0.2, 0) is 6.54 Å². The molecule has 1 saturated heterocycles. The molecule has 0 aliphatic carbocycles. The van der Waals surface area contributed by atoms with Gasteiger partial charge >= 0.3 is 0 Å². The highest BCUT2D eigenvalue weighted by Gasteiger charge is 2.26. The standard InChI is InChI=1S/C13H19ClN2/c1-13(2)5-3-7-16(10-13)9-11-4-6-15-12(14)8-11/h4,6,8H,3,5,7,9-10H2,1-2H3. The maximum atomic E-state index is 5.89. The van der Waals surface area contributed by atoms with Crippen LogP contribution in [0.15, 0.2) is 18.3 Å². The zero-order valence-corrected chi connectivity index (χ0v) is 10.8. The minimum absolute atomic E-state index is 0.453. The average molecular weight is 239 g/mol. The van der Waals surface area contributed by atoms with E-state index in [0.29, 0.717) is 10.6 Å². The Balaban J connectivity index is 1.99. The topological polar surface area (TPSA) is 16.1 Å². The van der Waals surface area contributed by atoms with Crippen LogP contribution < -0.4 is 0 Å². The first kappa shape index (κ1) is 11.9. The van der Waals surface area contributed by atoms with E-state index in [1.54, 1.807) is 6.20 Å². The number of rotatable bonds is 2. The molecule has 0 bridgehead atoms. The molecule has 2 heterocycles. The van der Waals surface area contributed by atoms with Crippen LogP contribution in [0.5, 0.6) is 0 Å². The first-order valence-corrected chi connectivity index (χ1v) is 6.26. The number of halogens is 1. The second-order valence-corrected chi connectivity index (χ2v) is 5.85. The van der Waals surface area contributed by atoms with Crippen molar-refractivity contribution in [2.45, 2.75) is 33.2 Å². The number of hydrogen-bond acceptors (Lipinski definition) is 2. The molecule has 1 aliphatic heterocycles. The second-order valence-electron chi connectivity index (χ2n) is 5.47. The van der Waals surface area contributed by atoms with Crippen molar-refractivity contribution in [2.24, 2.45) is 5.41 Å². The van der Waals surface area contributed by atoms with Gasteiger partial charge in [0.05, 0.1) is 0 Å². The van der Waals surface area contributed by atoms with Gasteiger partial charge in [0.25, 0.3) is 0 Å². The number of hydrogen-bond donors (Lipinski definition) is 0. The summed E-state index contributed by atoms with van der Waals surface area (Å²) in [5.41, 5.74) is 1.72. The Morgan fingerprint density at radius 1 is 1.50 bits per heavy atom. The largest absolute Gasteiger partial charge is 0.299 e. The van der Waals surface area contributed by atoms with E-state index in [4.69, 9.17) is 11.6 Å². The van der Waals surface area contributed by atoms with E-state index in [9.17, 15) is 0 Å². The molecular weight excluding hydrogens is 220 g/mol. The summed E-state index contributed by atoms with van der Waals surface area (Å²) in [6.45, 7) is 8.05. The van der Waals surface area contributed by atoms with Crippen LogP contribution in [-0.4, -0.2) is 23.0 Å². The highest BCUT2D eigenvalue weighted by atomic mass is 35.5. The molecular formula is C13H19ClN2. The van der Waals surface area contributed by atoms with Crippen molar-refractivity contribution in [2.75, 3.05) is 13.1 Å². The first-order valence-electron chi connectivity index (χ1n) is 5.88. The highest BCUT2D eigenvalue weighted by Crippen LogP contribution is 2.29. The lowest BCUT2D eigenvalue weighted by Crippen LogP contribution is -2.39. The third kappa shape index (κ3) is 3.19. The van der Waals surface area contributed by atoms with Crippen LogP contribution in [0.4, 0.5) is 0 Å². The van der Waals surface area contributed by atoms with E-state index in [2.05, 4.69) is 23.7 Å². The molecule has 16 heavy (non-hydrogen) atoms. The van der Waals surface area contributed by atoms with Crippen molar-refractivity contribution >= 4 is 11.6 Å². The molecule has 3 heteroatoms. The van der Waals surface area contributed by atoms with Crippen LogP contribution in [0.3, 0.4) is 0 Å². The molecule has 0 amide bonds. The Kier molecular flexibility index (Phi) is 3.50. The molecule has 88 valence electrons. The summed E-state index contributed by atoms with van der Waals surface area (Å²) in [6, 6.07) is 4.01. The normalized spacial score (nSPS) is 20.9. The summed E-state index contributed by atoms with van der Waals surface area (Å²) < 4.78 is 0. The molecule has 1 aliphatic rings. The zero-order valence-electron chi connectivity index (χ0n) is 10.0. The molecule has 0 atom stereocenters. The Morgan fingerprint density at radius 3 is 3.00 bits per heavy atom. The quantitative estimate of drug-likeness (QED) is 0.735. The summed E-state index contributed by atoms with van der Waals surface area (Å²) in [5, 5.41) is 0.591. The van der Waals surface area contributed by atoms with E-state index in [0.717, 1.165) is 6.54 Å². The Morgan fingerprint density at radius 2 is 2.31 bits per heavy atom. The van der Waals surface area contributed by atoms with E-state index in [1.165, 1.54) is 31.5 Å². The molecule has 1 fully saturated rings. The van der Waals surface area contributed by atoms with Gasteiger partial charge in [-0.15, -0.1) is 0 Å². The minimum Gasteiger partial charge on any atom is -0.299 e. The van der Waals surface area contributed by atoms with Gasteiger partial charge in [0.2, 0.25) is 0 Å². The van der Waals surface area contributed by atoms with E-state index in [1.807, 2.05) is 12.1 Å². The van der Waals surface area contributed by atoms with Crippen LogP contribution in [0.25, 0.3) is 0 Å². The fourth-order valence-corrected chi connectivity index (χ4v) is 2.68. The van der Waals surface area contributed by atoms with Crippen molar-refractivity contribution in [1.29, 1.82) is 0 Å². The van der Waals surface area contributed by atoms with E-state index >= 15 is 0 Å². The van der Waals surface area contributed by atoms with Crippen molar-refractivity contribution in [1.82, 2.24) is 9.88 Å². The number of pyridine rings is 1. The molecule has 0 unspecified atom stereocenters. The Labute approximate surface area is 103 Å². The first-order chi connectivity index (χ1) is 7.55. The monoisotopic (exact) mass is 238 g/mol. The molecule has 0 radical (unpaired) electrons. The summed E-state index contributed by atoms with van der Waals surface area (Å²) in [6.07, 6.45) is 4.42. The van der Waals surface area contributed by atoms with Gasteiger partial charge in [-0.1, -0.05) is 25.4 Å². The highest BCUT2D eigenvalue weighted by molar-refractivity contribution is 6.29. The predicted molar refractivity (Wildman–Crippen MR) is 67.5 cm³/mol. The smallest absolute Gasteiger partial charge is 0.129 e. The zero-order chi connectivity index (χ0) is 11.6. The molecule has 0 spiro atoms. The maximum absolute atomic E-state index is 5.89. The van der Waals surface area contributed by atoms with Gasteiger partial charge in [-0.2, -0.15) is 0 Å². The molecule has 2 nitrogen and oxygen atoms in total. The summed E-state index contributed by atoms with van der Waals surface area (Å²) >= 11 is 5.89. The Hall–Kier alpha value is -0.600. The predicted octanol–water partition coefficient (Wildman–Crippen LogP) is 3.36. The third-order valence-corrected chi connectivity index (χ3v) is 3.38. The van der Waals surface area contributed by atoms with Crippen LogP contribution in [0, 0.1) is 5.41 Å². The van der Waals surface area contributed by atoms with Gasteiger partial charge in [0, 0.05) is 19.3 Å². The van der Waals surface area contributed by atoms with Gasteiger partial charge in [-0.25, -0.2) is 4.98 Å². The molecule has 0 aromatic carbocycles. The van der Waals surface area contributed by atoms with Crippen molar-refractivity contribution in [3.63, 3.8) is 0 Å². The van der Waals surface area contributed by atoms with E-state index in [-0.39, 0.29) is 0 Å².